The summed E-state index contributed by atoms with van der Waals surface area (Å²) < 4.78 is 5.50. The summed E-state index contributed by atoms with van der Waals surface area (Å²) in [6, 6.07) is 15.8. The maximum absolute atomic E-state index is 12.3. The number of amides is 1. The summed E-state index contributed by atoms with van der Waals surface area (Å²) in [4.78, 5) is 24.4. The predicted octanol–water partition coefficient (Wildman–Crippen LogP) is 3.73. The van der Waals surface area contributed by atoms with Gasteiger partial charge in [-0.1, -0.05) is 48.5 Å². The highest BCUT2D eigenvalue weighted by atomic mass is 16.6. The Hall–Kier alpha value is -2.82. The summed E-state index contributed by atoms with van der Waals surface area (Å²) >= 11 is 0. The van der Waals surface area contributed by atoms with Gasteiger partial charge in [-0.2, -0.15) is 0 Å². The van der Waals surface area contributed by atoms with Crippen molar-refractivity contribution in [2.45, 2.75) is 25.3 Å². The monoisotopic (exact) mass is 339 g/mol. The van der Waals surface area contributed by atoms with E-state index in [0.29, 0.717) is 0 Å². The first-order valence-corrected chi connectivity index (χ1v) is 8.28. The van der Waals surface area contributed by atoms with E-state index < -0.39 is 18.1 Å². The molecule has 1 aliphatic carbocycles. The minimum absolute atomic E-state index is 0.000435. The van der Waals surface area contributed by atoms with Crippen LogP contribution in [0.4, 0.5) is 4.79 Å². The van der Waals surface area contributed by atoms with E-state index >= 15 is 0 Å². The number of carbonyl (C=O) groups is 2. The lowest BCUT2D eigenvalue weighted by Gasteiger charge is -2.24. The van der Waals surface area contributed by atoms with Gasteiger partial charge in [0.1, 0.15) is 6.61 Å². The highest BCUT2D eigenvalue weighted by Gasteiger charge is 2.29. The number of carboxylic acid groups (broad SMARTS) is 1. The van der Waals surface area contributed by atoms with Crippen LogP contribution in [0.3, 0.4) is 0 Å². The van der Waals surface area contributed by atoms with Gasteiger partial charge in [0.15, 0.2) is 0 Å². The number of nitrogens with zero attached hydrogens (tertiary/aromatic N) is 1. The number of hydrogen-bond donors (Lipinski definition) is 1. The van der Waals surface area contributed by atoms with Crippen molar-refractivity contribution in [2.75, 3.05) is 13.7 Å². The molecule has 1 atom stereocenters. The van der Waals surface area contributed by atoms with Crippen molar-refractivity contribution >= 4 is 12.1 Å². The maximum atomic E-state index is 12.3. The molecule has 0 spiro atoms. The number of carboxylic acids is 1. The minimum Gasteiger partial charge on any atom is -0.481 e. The molecule has 1 unspecified atom stereocenters. The predicted molar refractivity (Wildman–Crippen MR) is 94.5 cm³/mol. The number of aliphatic carboxylic acids is 1. The molecule has 1 N–H and O–H groups in total. The van der Waals surface area contributed by atoms with Crippen molar-refractivity contribution in [3.05, 3.63) is 59.7 Å². The zero-order valence-corrected chi connectivity index (χ0v) is 14.3. The van der Waals surface area contributed by atoms with Crippen LogP contribution in [0.2, 0.25) is 0 Å². The second-order valence-electron chi connectivity index (χ2n) is 6.36. The lowest BCUT2D eigenvalue weighted by Crippen LogP contribution is -2.37. The van der Waals surface area contributed by atoms with E-state index in [0.717, 1.165) is 11.1 Å². The van der Waals surface area contributed by atoms with Crippen LogP contribution in [0.15, 0.2) is 48.5 Å². The van der Waals surface area contributed by atoms with Crippen molar-refractivity contribution < 1.29 is 19.4 Å². The van der Waals surface area contributed by atoms with Crippen molar-refractivity contribution in [2.24, 2.45) is 0 Å². The lowest BCUT2D eigenvalue weighted by molar-refractivity contribution is -0.138. The highest BCUT2D eigenvalue weighted by Crippen LogP contribution is 2.44. The third-order valence-electron chi connectivity index (χ3n) is 4.76. The summed E-state index contributed by atoms with van der Waals surface area (Å²) in [7, 11) is 1.56. The molecule has 130 valence electrons. The van der Waals surface area contributed by atoms with Crippen LogP contribution in [-0.2, 0) is 9.53 Å². The van der Waals surface area contributed by atoms with E-state index in [9.17, 15) is 9.59 Å². The van der Waals surface area contributed by atoms with Gasteiger partial charge >= 0.3 is 12.1 Å². The topological polar surface area (TPSA) is 66.8 Å². The summed E-state index contributed by atoms with van der Waals surface area (Å²) in [6.45, 7) is 1.92. The number of carbonyl (C=O) groups excluding carboxylic acids is 1. The normalized spacial score (nSPS) is 13.7. The van der Waals surface area contributed by atoms with Crippen molar-refractivity contribution in [3.8, 4) is 11.1 Å². The molecule has 5 heteroatoms. The van der Waals surface area contributed by atoms with Gasteiger partial charge in [-0.05, 0) is 29.2 Å². The number of benzene rings is 2. The molecule has 0 heterocycles. The van der Waals surface area contributed by atoms with Crippen molar-refractivity contribution in [1.82, 2.24) is 4.90 Å². The minimum atomic E-state index is -0.939. The Kier molecular flexibility index (Phi) is 4.74. The smallest absolute Gasteiger partial charge is 0.409 e. The first-order valence-electron chi connectivity index (χ1n) is 8.28. The van der Waals surface area contributed by atoms with E-state index in [2.05, 4.69) is 24.3 Å². The van der Waals surface area contributed by atoms with E-state index in [-0.39, 0.29) is 18.9 Å². The molecule has 0 saturated heterocycles. The van der Waals surface area contributed by atoms with E-state index in [1.165, 1.54) is 16.0 Å². The standard InChI is InChI=1S/C20H21NO4/c1-13(11-19(22)23)21(2)20(24)25-12-18-16-9-5-3-7-14(16)15-8-4-6-10-17(15)18/h3-10,13,18H,11-12H2,1-2H3,(H,22,23). The zero-order chi connectivity index (χ0) is 18.0. The largest absolute Gasteiger partial charge is 0.481 e. The summed E-state index contributed by atoms with van der Waals surface area (Å²) in [5.41, 5.74) is 4.65. The van der Waals surface area contributed by atoms with Gasteiger partial charge in [0, 0.05) is 19.0 Å². The molecule has 0 saturated carbocycles. The fourth-order valence-electron chi connectivity index (χ4n) is 3.27. The van der Waals surface area contributed by atoms with Crippen LogP contribution >= 0.6 is 0 Å². The van der Waals surface area contributed by atoms with Gasteiger partial charge in [-0.25, -0.2) is 4.79 Å². The Morgan fingerprint density at radius 1 is 1.08 bits per heavy atom. The summed E-state index contributed by atoms with van der Waals surface area (Å²) in [6.07, 6.45) is -0.614. The van der Waals surface area contributed by atoms with Crippen LogP contribution in [0.1, 0.15) is 30.4 Å². The first-order chi connectivity index (χ1) is 12.0. The van der Waals surface area contributed by atoms with Crippen molar-refractivity contribution in [1.29, 1.82) is 0 Å². The molecule has 0 fully saturated rings. The Labute approximate surface area is 146 Å². The van der Waals surface area contributed by atoms with Crippen LogP contribution in [0, 0.1) is 0 Å². The van der Waals surface area contributed by atoms with Gasteiger partial charge in [0.2, 0.25) is 0 Å². The Balaban J connectivity index is 1.73. The Morgan fingerprint density at radius 2 is 1.60 bits per heavy atom. The van der Waals surface area contributed by atoms with Gasteiger partial charge in [0.25, 0.3) is 0 Å². The molecule has 2 aromatic carbocycles. The average molecular weight is 339 g/mol. The molecular weight excluding hydrogens is 318 g/mol. The molecule has 0 bridgehead atoms. The maximum Gasteiger partial charge on any atom is 0.409 e. The Morgan fingerprint density at radius 3 is 2.12 bits per heavy atom. The zero-order valence-electron chi connectivity index (χ0n) is 14.3. The van der Waals surface area contributed by atoms with Crippen LogP contribution in [0.5, 0.6) is 0 Å². The van der Waals surface area contributed by atoms with E-state index in [4.69, 9.17) is 9.84 Å². The quantitative estimate of drug-likeness (QED) is 0.901. The van der Waals surface area contributed by atoms with Gasteiger partial charge in [0.05, 0.1) is 6.42 Å². The second-order valence-corrected chi connectivity index (χ2v) is 6.36. The molecular formula is C20H21NO4. The van der Waals surface area contributed by atoms with Gasteiger partial charge in [-0.3, -0.25) is 4.79 Å². The molecule has 0 aromatic heterocycles. The lowest BCUT2D eigenvalue weighted by atomic mass is 9.98. The summed E-state index contributed by atoms with van der Waals surface area (Å²) in [5.74, 6) is -0.940. The van der Waals surface area contributed by atoms with E-state index in [1.807, 2.05) is 24.3 Å². The average Bonchev–Trinajstić information content (AvgIpc) is 2.92. The molecule has 0 aliphatic heterocycles. The first kappa shape index (κ1) is 17.0. The van der Waals surface area contributed by atoms with Crippen molar-refractivity contribution in [3.63, 3.8) is 0 Å². The number of rotatable bonds is 5. The molecule has 2 aromatic rings. The molecule has 1 aliphatic rings. The highest BCUT2D eigenvalue weighted by molar-refractivity contribution is 5.79. The van der Waals surface area contributed by atoms with E-state index in [1.54, 1.807) is 14.0 Å². The molecule has 0 radical (unpaired) electrons. The molecule has 25 heavy (non-hydrogen) atoms. The summed E-state index contributed by atoms with van der Waals surface area (Å²) in [5, 5.41) is 8.86. The fraction of sp³-hybridized carbons (Fsp3) is 0.300. The van der Waals surface area contributed by atoms with Crippen LogP contribution < -0.4 is 0 Å². The van der Waals surface area contributed by atoms with Crippen LogP contribution in [0.25, 0.3) is 11.1 Å². The van der Waals surface area contributed by atoms with Crippen LogP contribution in [-0.4, -0.2) is 41.8 Å². The third-order valence-corrected chi connectivity index (χ3v) is 4.76. The molecule has 1 amide bonds. The SMILES string of the molecule is CC(CC(=O)O)N(C)C(=O)OCC1c2ccccc2-c2ccccc21. The number of fused-ring (bicyclic) bond motifs is 3. The number of ether oxygens (including phenoxy) is 1. The third kappa shape index (κ3) is 3.36. The van der Waals surface area contributed by atoms with Gasteiger partial charge < -0.3 is 14.7 Å². The molecule has 3 rings (SSSR count). The molecule has 5 nitrogen and oxygen atoms in total. The van der Waals surface area contributed by atoms with Gasteiger partial charge in [-0.15, -0.1) is 0 Å². The second kappa shape index (κ2) is 6.97. The fourth-order valence-corrected chi connectivity index (χ4v) is 3.27. The Bertz CT molecular complexity index is 756. The number of hydrogen-bond acceptors (Lipinski definition) is 3.